The number of esters is 1. The molecule has 6 rings (SSSR count). The molecular weight excluding hydrogens is 432 g/mol. The van der Waals surface area contributed by atoms with Crippen LogP contribution in [0.3, 0.4) is 0 Å². The standard InChI is InChI=1S/C26H32N4O4/c1-3-29(14-23(32)34-4-2)24(33)19-13-30-20(27-19)6-5-7-21(30)28-22(31)12-25-9-16-8-18(16)26(15-25)11-17(26)10-25/h5-7,13,16-18H,3-4,8-12,14-15H2,1-2H3,(H,28,31). The number of pyridine rings is 1. The molecule has 2 aromatic rings. The molecule has 1 spiro atoms. The van der Waals surface area contributed by atoms with Gasteiger partial charge in [0.25, 0.3) is 5.91 Å². The Kier molecular flexibility index (Phi) is 4.80. The molecule has 2 amide bonds. The summed E-state index contributed by atoms with van der Waals surface area (Å²) in [7, 11) is 0. The first kappa shape index (κ1) is 21.6. The monoisotopic (exact) mass is 464 g/mol. The van der Waals surface area contributed by atoms with Crippen molar-refractivity contribution in [1.29, 1.82) is 0 Å². The molecule has 0 aliphatic heterocycles. The highest BCUT2D eigenvalue weighted by Crippen LogP contribution is 2.84. The molecule has 1 N–H and O–H groups in total. The maximum atomic E-state index is 13.2. The number of likely N-dealkylation sites (N-methyl/N-ethyl adjacent to an activating group) is 1. The first-order valence-corrected chi connectivity index (χ1v) is 12.6. The molecule has 2 bridgehead atoms. The summed E-state index contributed by atoms with van der Waals surface area (Å²) in [6.07, 6.45) is 8.66. The number of rotatable bonds is 8. The topological polar surface area (TPSA) is 93.0 Å². The van der Waals surface area contributed by atoms with Gasteiger partial charge >= 0.3 is 5.97 Å². The molecule has 4 saturated carbocycles. The zero-order chi connectivity index (χ0) is 23.7. The van der Waals surface area contributed by atoms with Crippen molar-refractivity contribution in [2.75, 3.05) is 25.0 Å². The third-order valence-electron chi connectivity index (χ3n) is 8.83. The van der Waals surface area contributed by atoms with Crippen molar-refractivity contribution in [3.63, 3.8) is 0 Å². The number of aromatic nitrogens is 2. The van der Waals surface area contributed by atoms with E-state index in [9.17, 15) is 14.4 Å². The molecule has 8 heteroatoms. The van der Waals surface area contributed by atoms with E-state index in [1.54, 1.807) is 23.6 Å². The van der Waals surface area contributed by atoms with Crippen LogP contribution in [0.4, 0.5) is 5.82 Å². The van der Waals surface area contributed by atoms with Crippen molar-refractivity contribution in [3.05, 3.63) is 30.1 Å². The Morgan fingerprint density at radius 2 is 2.09 bits per heavy atom. The Bertz CT molecular complexity index is 1190. The number of ether oxygens (including phenoxy) is 1. The molecule has 5 unspecified atom stereocenters. The maximum absolute atomic E-state index is 13.2. The van der Waals surface area contributed by atoms with E-state index in [-0.39, 0.29) is 36.1 Å². The number of carbonyl (C=O) groups excluding carboxylic acids is 3. The van der Waals surface area contributed by atoms with E-state index in [1.165, 1.54) is 37.0 Å². The van der Waals surface area contributed by atoms with Crippen molar-refractivity contribution in [1.82, 2.24) is 14.3 Å². The summed E-state index contributed by atoms with van der Waals surface area (Å²) >= 11 is 0. The van der Waals surface area contributed by atoms with Crippen LogP contribution in [0.1, 0.15) is 62.9 Å². The van der Waals surface area contributed by atoms with E-state index in [2.05, 4.69) is 10.3 Å². The number of imidazole rings is 1. The molecule has 4 aliphatic rings. The Balaban J connectivity index is 1.17. The van der Waals surface area contributed by atoms with Crippen molar-refractivity contribution in [2.45, 2.75) is 52.4 Å². The largest absolute Gasteiger partial charge is 0.465 e. The van der Waals surface area contributed by atoms with Crippen LogP contribution in [0.2, 0.25) is 0 Å². The minimum Gasteiger partial charge on any atom is -0.465 e. The van der Waals surface area contributed by atoms with Crippen molar-refractivity contribution in [3.8, 4) is 0 Å². The summed E-state index contributed by atoms with van der Waals surface area (Å²) in [6.45, 7) is 4.06. The summed E-state index contributed by atoms with van der Waals surface area (Å²) in [5, 5.41) is 3.10. The van der Waals surface area contributed by atoms with Gasteiger partial charge in [-0.15, -0.1) is 0 Å². The van der Waals surface area contributed by atoms with Gasteiger partial charge in [-0.2, -0.15) is 0 Å². The molecule has 2 heterocycles. The summed E-state index contributed by atoms with van der Waals surface area (Å²) in [5.74, 6) is 2.54. The zero-order valence-electron chi connectivity index (χ0n) is 19.9. The van der Waals surface area contributed by atoms with Crippen molar-refractivity contribution in [2.24, 2.45) is 28.6 Å². The second-order valence-corrected chi connectivity index (χ2v) is 10.9. The molecular formula is C26H32N4O4. The Morgan fingerprint density at radius 3 is 2.88 bits per heavy atom. The first-order valence-electron chi connectivity index (χ1n) is 12.6. The van der Waals surface area contributed by atoms with E-state index < -0.39 is 5.97 Å². The van der Waals surface area contributed by atoms with Gasteiger partial charge in [-0.05, 0) is 86.7 Å². The predicted octanol–water partition coefficient (Wildman–Crippen LogP) is 3.51. The van der Waals surface area contributed by atoms with Crippen LogP contribution in [0.5, 0.6) is 0 Å². The summed E-state index contributed by atoms with van der Waals surface area (Å²) < 4.78 is 6.72. The van der Waals surface area contributed by atoms with Crippen LogP contribution in [0.25, 0.3) is 5.65 Å². The summed E-state index contributed by atoms with van der Waals surface area (Å²) in [6, 6.07) is 5.46. The number of nitrogens with zero attached hydrogens (tertiary/aromatic N) is 3. The quantitative estimate of drug-likeness (QED) is 0.604. The lowest BCUT2D eigenvalue weighted by atomic mass is 9.69. The number of carbonyl (C=O) groups is 3. The normalized spacial score (nSPS) is 32.0. The van der Waals surface area contributed by atoms with E-state index in [4.69, 9.17) is 4.74 Å². The van der Waals surface area contributed by atoms with Gasteiger partial charge in [0.2, 0.25) is 5.91 Å². The molecule has 0 radical (unpaired) electrons. The minimum absolute atomic E-state index is 0.0436. The summed E-state index contributed by atoms with van der Waals surface area (Å²) in [5.41, 5.74) is 1.59. The lowest BCUT2D eigenvalue weighted by Crippen LogP contribution is -2.36. The third-order valence-corrected chi connectivity index (χ3v) is 8.83. The van der Waals surface area contributed by atoms with Gasteiger partial charge < -0.3 is 15.0 Å². The van der Waals surface area contributed by atoms with E-state index in [0.717, 1.165) is 17.8 Å². The summed E-state index contributed by atoms with van der Waals surface area (Å²) in [4.78, 5) is 43.9. The van der Waals surface area contributed by atoms with E-state index >= 15 is 0 Å². The van der Waals surface area contributed by atoms with Crippen LogP contribution < -0.4 is 5.32 Å². The molecule has 2 aromatic heterocycles. The SMILES string of the molecule is CCOC(=O)CN(CC)C(=O)c1cn2c(NC(=O)CC34CC5CC5C5(CC5C3)C4)cccc2n1. The second-order valence-electron chi connectivity index (χ2n) is 10.9. The van der Waals surface area contributed by atoms with Crippen LogP contribution in [0, 0.1) is 28.6 Å². The van der Waals surface area contributed by atoms with Crippen LogP contribution >= 0.6 is 0 Å². The highest BCUT2D eigenvalue weighted by molar-refractivity contribution is 5.95. The molecule has 0 saturated heterocycles. The molecule has 4 fully saturated rings. The predicted molar refractivity (Wildman–Crippen MR) is 125 cm³/mol. The molecule has 180 valence electrons. The number of hydrogen-bond acceptors (Lipinski definition) is 5. The fourth-order valence-electron chi connectivity index (χ4n) is 7.46. The number of amides is 2. The Morgan fingerprint density at radius 1 is 1.24 bits per heavy atom. The Labute approximate surface area is 199 Å². The minimum atomic E-state index is -0.444. The number of nitrogens with one attached hydrogen (secondary N) is 1. The second kappa shape index (κ2) is 7.55. The molecule has 34 heavy (non-hydrogen) atoms. The molecule has 8 nitrogen and oxygen atoms in total. The zero-order valence-corrected chi connectivity index (χ0v) is 19.9. The Hall–Kier alpha value is -2.90. The average Bonchev–Trinajstić information content (AvgIpc) is 3.62. The highest BCUT2D eigenvalue weighted by Gasteiger charge is 2.76. The number of hydrogen-bond donors (Lipinski definition) is 1. The van der Waals surface area contributed by atoms with Crippen molar-refractivity contribution >= 4 is 29.2 Å². The maximum Gasteiger partial charge on any atom is 0.325 e. The lowest BCUT2D eigenvalue weighted by molar-refractivity contribution is -0.143. The van der Waals surface area contributed by atoms with Gasteiger partial charge in [0.1, 0.15) is 23.7 Å². The van der Waals surface area contributed by atoms with Gasteiger partial charge in [0.15, 0.2) is 0 Å². The van der Waals surface area contributed by atoms with Gasteiger partial charge in [-0.25, -0.2) is 4.98 Å². The molecule has 4 aliphatic carbocycles. The molecule has 5 atom stereocenters. The fraction of sp³-hybridized carbons (Fsp3) is 0.615. The van der Waals surface area contributed by atoms with Crippen LogP contribution in [0.15, 0.2) is 24.4 Å². The van der Waals surface area contributed by atoms with Gasteiger partial charge in [-0.3, -0.25) is 18.8 Å². The van der Waals surface area contributed by atoms with E-state index in [0.29, 0.717) is 29.8 Å². The van der Waals surface area contributed by atoms with Gasteiger partial charge in [-0.1, -0.05) is 6.07 Å². The van der Waals surface area contributed by atoms with Crippen LogP contribution in [-0.4, -0.2) is 51.8 Å². The molecule has 0 aromatic carbocycles. The fourth-order valence-corrected chi connectivity index (χ4v) is 7.46. The highest BCUT2D eigenvalue weighted by atomic mass is 16.5. The van der Waals surface area contributed by atoms with Crippen LogP contribution in [-0.2, 0) is 14.3 Å². The first-order chi connectivity index (χ1) is 16.4. The lowest BCUT2D eigenvalue weighted by Gasteiger charge is -2.35. The van der Waals surface area contributed by atoms with Gasteiger partial charge in [0, 0.05) is 19.2 Å². The smallest absolute Gasteiger partial charge is 0.325 e. The third kappa shape index (κ3) is 3.41. The van der Waals surface area contributed by atoms with Crippen molar-refractivity contribution < 1.29 is 19.1 Å². The van der Waals surface area contributed by atoms with E-state index in [1.807, 2.05) is 19.1 Å². The van der Waals surface area contributed by atoms with Gasteiger partial charge in [0.05, 0.1) is 6.61 Å². The average molecular weight is 465 g/mol. The number of anilines is 1. The number of fused-ring (bicyclic) bond motifs is 3.